The van der Waals surface area contributed by atoms with Crippen LogP contribution in [0.4, 0.5) is 0 Å². The van der Waals surface area contributed by atoms with Crippen LogP contribution < -0.4 is 0 Å². The molecule has 2 aromatic carbocycles. The molecular weight excluding hydrogens is 280 g/mol. The van der Waals surface area contributed by atoms with E-state index < -0.39 is 0 Å². The van der Waals surface area contributed by atoms with Crippen molar-refractivity contribution in [2.24, 2.45) is 9.98 Å². The Bertz CT molecular complexity index is 813. The monoisotopic (exact) mass is 300 g/mol. The SMILES string of the molecule is CC1CC(C2=Cc3ccccc3CC2)=NC(c2ccccc2)=N1. The van der Waals surface area contributed by atoms with Crippen molar-refractivity contribution in [2.75, 3.05) is 0 Å². The Kier molecular flexibility index (Phi) is 3.66. The Morgan fingerprint density at radius 3 is 2.57 bits per heavy atom. The average molecular weight is 300 g/mol. The summed E-state index contributed by atoms with van der Waals surface area (Å²) < 4.78 is 0. The minimum absolute atomic E-state index is 0.288. The predicted molar refractivity (Wildman–Crippen MR) is 97.2 cm³/mol. The normalized spacial score (nSPS) is 20.2. The maximum Gasteiger partial charge on any atom is 0.155 e. The van der Waals surface area contributed by atoms with Crippen LogP contribution in [0.2, 0.25) is 0 Å². The summed E-state index contributed by atoms with van der Waals surface area (Å²) in [6.45, 7) is 2.18. The van der Waals surface area contributed by atoms with E-state index in [2.05, 4.69) is 49.4 Å². The van der Waals surface area contributed by atoms with Crippen LogP contribution in [0.3, 0.4) is 0 Å². The van der Waals surface area contributed by atoms with Gasteiger partial charge in [-0.2, -0.15) is 0 Å². The lowest BCUT2D eigenvalue weighted by molar-refractivity contribution is 0.764. The quantitative estimate of drug-likeness (QED) is 0.768. The lowest BCUT2D eigenvalue weighted by Crippen LogP contribution is -2.21. The Morgan fingerprint density at radius 2 is 1.70 bits per heavy atom. The van der Waals surface area contributed by atoms with Gasteiger partial charge in [-0.15, -0.1) is 0 Å². The summed E-state index contributed by atoms with van der Waals surface area (Å²) in [7, 11) is 0. The van der Waals surface area contributed by atoms with Gasteiger partial charge in [0.2, 0.25) is 0 Å². The van der Waals surface area contributed by atoms with Crippen LogP contribution in [-0.2, 0) is 6.42 Å². The summed E-state index contributed by atoms with van der Waals surface area (Å²) in [5, 5.41) is 0. The van der Waals surface area contributed by atoms with Crippen molar-refractivity contribution in [3.05, 3.63) is 76.9 Å². The van der Waals surface area contributed by atoms with Crippen molar-refractivity contribution in [2.45, 2.75) is 32.2 Å². The molecule has 2 heteroatoms. The molecule has 0 spiro atoms. The molecule has 114 valence electrons. The third-order valence-corrected chi connectivity index (χ3v) is 4.52. The molecule has 0 bridgehead atoms. The summed E-state index contributed by atoms with van der Waals surface area (Å²) in [5.41, 5.74) is 6.47. The number of allylic oxidation sites excluding steroid dienone is 1. The molecule has 0 amide bonds. The lowest BCUT2D eigenvalue weighted by atomic mass is 9.88. The number of aryl methyl sites for hydroxylation is 1. The Hall–Kier alpha value is -2.48. The van der Waals surface area contributed by atoms with E-state index >= 15 is 0 Å². The van der Waals surface area contributed by atoms with Crippen LogP contribution in [0.1, 0.15) is 36.5 Å². The van der Waals surface area contributed by atoms with Crippen molar-refractivity contribution in [3.63, 3.8) is 0 Å². The van der Waals surface area contributed by atoms with Crippen LogP contribution in [-0.4, -0.2) is 17.6 Å². The largest absolute Gasteiger partial charge is 0.263 e. The highest BCUT2D eigenvalue weighted by Gasteiger charge is 2.20. The number of benzene rings is 2. The molecule has 0 aromatic heterocycles. The zero-order valence-corrected chi connectivity index (χ0v) is 13.4. The maximum absolute atomic E-state index is 4.90. The fourth-order valence-corrected chi connectivity index (χ4v) is 3.33. The molecule has 2 aromatic rings. The molecule has 0 fully saturated rings. The molecule has 1 aliphatic carbocycles. The van der Waals surface area contributed by atoms with Gasteiger partial charge in [0, 0.05) is 17.7 Å². The highest BCUT2D eigenvalue weighted by molar-refractivity contribution is 6.15. The number of hydrogen-bond acceptors (Lipinski definition) is 2. The van der Waals surface area contributed by atoms with Crippen molar-refractivity contribution < 1.29 is 0 Å². The topological polar surface area (TPSA) is 24.7 Å². The van der Waals surface area contributed by atoms with Crippen LogP contribution in [0, 0.1) is 0 Å². The summed E-state index contributed by atoms with van der Waals surface area (Å²) in [6.07, 6.45) is 5.43. The molecule has 0 radical (unpaired) electrons. The van der Waals surface area contributed by atoms with Gasteiger partial charge < -0.3 is 0 Å². The zero-order chi connectivity index (χ0) is 15.6. The van der Waals surface area contributed by atoms with E-state index in [-0.39, 0.29) is 6.04 Å². The molecule has 1 atom stereocenters. The van der Waals surface area contributed by atoms with Gasteiger partial charge in [0.25, 0.3) is 0 Å². The third kappa shape index (κ3) is 2.89. The number of amidine groups is 1. The molecule has 1 aliphatic heterocycles. The first-order chi connectivity index (χ1) is 11.3. The highest BCUT2D eigenvalue weighted by atomic mass is 15.0. The fraction of sp³-hybridized carbons (Fsp3) is 0.238. The van der Waals surface area contributed by atoms with E-state index in [0.29, 0.717) is 0 Å². The van der Waals surface area contributed by atoms with Gasteiger partial charge in [-0.1, -0.05) is 54.6 Å². The molecule has 1 unspecified atom stereocenters. The summed E-state index contributed by atoms with van der Waals surface area (Å²) >= 11 is 0. The van der Waals surface area contributed by atoms with Gasteiger partial charge in [-0.25, -0.2) is 4.99 Å². The second kappa shape index (κ2) is 5.96. The molecule has 0 saturated carbocycles. The number of rotatable bonds is 2. The zero-order valence-electron chi connectivity index (χ0n) is 13.4. The average Bonchev–Trinajstić information content (AvgIpc) is 2.61. The molecule has 0 N–H and O–H groups in total. The molecule has 1 heterocycles. The number of hydrogen-bond donors (Lipinski definition) is 0. The van der Waals surface area contributed by atoms with Crippen LogP contribution in [0.15, 0.2) is 70.2 Å². The Labute approximate surface area is 137 Å². The van der Waals surface area contributed by atoms with E-state index in [0.717, 1.165) is 30.7 Å². The van der Waals surface area contributed by atoms with E-state index in [9.17, 15) is 0 Å². The number of aliphatic imine (C=N–C) groups is 2. The van der Waals surface area contributed by atoms with Crippen molar-refractivity contribution in [1.82, 2.24) is 0 Å². The van der Waals surface area contributed by atoms with Crippen molar-refractivity contribution in [1.29, 1.82) is 0 Å². The summed E-state index contributed by atoms with van der Waals surface area (Å²) in [4.78, 5) is 9.64. The van der Waals surface area contributed by atoms with Gasteiger partial charge in [0.1, 0.15) is 0 Å². The number of nitrogens with zero attached hydrogens (tertiary/aromatic N) is 2. The molecule has 2 aliphatic rings. The van der Waals surface area contributed by atoms with Crippen LogP contribution in [0.25, 0.3) is 6.08 Å². The second-order valence-corrected chi connectivity index (χ2v) is 6.30. The summed E-state index contributed by atoms with van der Waals surface area (Å²) in [5.74, 6) is 0.874. The van der Waals surface area contributed by atoms with E-state index in [1.165, 1.54) is 22.4 Å². The molecular formula is C21H20N2. The van der Waals surface area contributed by atoms with E-state index in [1.807, 2.05) is 18.2 Å². The molecule has 0 saturated heterocycles. The van der Waals surface area contributed by atoms with Crippen molar-refractivity contribution >= 4 is 17.6 Å². The first-order valence-electron chi connectivity index (χ1n) is 8.29. The molecule has 23 heavy (non-hydrogen) atoms. The summed E-state index contributed by atoms with van der Waals surface area (Å²) in [6, 6.07) is 19.2. The molecule has 2 nitrogen and oxygen atoms in total. The van der Waals surface area contributed by atoms with E-state index in [4.69, 9.17) is 9.98 Å². The fourth-order valence-electron chi connectivity index (χ4n) is 3.33. The predicted octanol–water partition coefficient (Wildman–Crippen LogP) is 4.70. The standard InChI is InChI=1S/C21H20N2/c1-15-13-20(23-21(22-15)17-8-3-2-4-9-17)19-12-11-16-7-5-6-10-18(16)14-19/h2-10,14-15H,11-13H2,1H3. The minimum atomic E-state index is 0.288. The maximum atomic E-state index is 4.90. The number of fused-ring (bicyclic) bond motifs is 1. The van der Waals surface area contributed by atoms with Crippen LogP contribution in [0.5, 0.6) is 0 Å². The minimum Gasteiger partial charge on any atom is -0.263 e. The van der Waals surface area contributed by atoms with E-state index in [1.54, 1.807) is 0 Å². The van der Waals surface area contributed by atoms with Gasteiger partial charge in [0.05, 0.1) is 6.04 Å². The van der Waals surface area contributed by atoms with Gasteiger partial charge in [-0.05, 0) is 42.5 Å². The first-order valence-corrected chi connectivity index (χ1v) is 8.29. The lowest BCUT2D eigenvalue weighted by Gasteiger charge is -2.22. The van der Waals surface area contributed by atoms with Gasteiger partial charge in [0.15, 0.2) is 5.84 Å². The van der Waals surface area contributed by atoms with Gasteiger partial charge in [-0.3, -0.25) is 4.99 Å². The molecule has 4 rings (SSSR count). The first kappa shape index (κ1) is 14.1. The van der Waals surface area contributed by atoms with Crippen molar-refractivity contribution in [3.8, 4) is 0 Å². The third-order valence-electron chi connectivity index (χ3n) is 4.52. The van der Waals surface area contributed by atoms with Gasteiger partial charge >= 0.3 is 0 Å². The second-order valence-electron chi connectivity index (χ2n) is 6.30. The smallest absolute Gasteiger partial charge is 0.155 e. The Balaban J connectivity index is 1.71. The Morgan fingerprint density at radius 1 is 0.913 bits per heavy atom. The van der Waals surface area contributed by atoms with Crippen LogP contribution >= 0.6 is 0 Å². The highest BCUT2D eigenvalue weighted by Crippen LogP contribution is 2.27.